The summed E-state index contributed by atoms with van der Waals surface area (Å²) in [6, 6.07) is 6.29. The minimum Gasteiger partial charge on any atom is -0.478 e. The lowest BCUT2D eigenvalue weighted by Gasteiger charge is -1.95. The molecule has 0 unspecified atom stereocenters. The number of hydrogen-bond acceptors (Lipinski definition) is 4. The van der Waals surface area contributed by atoms with Gasteiger partial charge in [0.1, 0.15) is 0 Å². The molecule has 1 aromatic carbocycles. The Hall–Kier alpha value is -2.27. The summed E-state index contributed by atoms with van der Waals surface area (Å²) < 4.78 is 0. The first-order valence-corrected chi connectivity index (χ1v) is 6.00. The van der Waals surface area contributed by atoms with Crippen molar-refractivity contribution in [3.63, 3.8) is 0 Å². The Labute approximate surface area is 107 Å². The molecule has 1 aromatic heterocycles. The number of hydrogen-bond donors (Lipinski definition) is 1. The zero-order valence-electron chi connectivity index (χ0n) is 9.24. The minimum atomic E-state index is -0.968. The number of ketones is 1. The van der Waals surface area contributed by atoms with E-state index in [0.29, 0.717) is 5.01 Å². The Morgan fingerprint density at radius 2 is 1.94 bits per heavy atom. The van der Waals surface area contributed by atoms with Gasteiger partial charge in [-0.2, -0.15) is 0 Å². The average molecular weight is 259 g/mol. The van der Waals surface area contributed by atoms with E-state index < -0.39 is 5.97 Å². The highest BCUT2D eigenvalue weighted by atomic mass is 32.1. The third-order valence-electron chi connectivity index (χ3n) is 2.23. The monoisotopic (exact) mass is 259 g/mol. The highest BCUT2D eigenvalue weighted by Crippen LogP contribution is 2.09. The Morgan fingerprint density at radius 1 is 1.22 bits per heavy atom. The van der Waals surface area contributed by atoms with E-state index in [0.717, 1.165) is 5.56 Å². The molecule has 2 aromatic rings. The van der Waals surface area contributed by atoms with E-state index in [-0.39, 0.29) is 11.3 Å². The van der Waals surface area contributed by atoms with Crippen molar-refractivity contribution < 1.29 is 14.7 Å². The highest BCUT2D eigenvalue weighted by Gasteiger charge is 2.04. The molecule has 1 heterocycles. The van der Waals surface area contributed by atoms with Crippen molar-refractivity contribution in [2.75, 3.05) is 0 Å². The number of nitrogens with zero attached hydrogens (tertiary/aromatic N) is 1. The van der Waals surface area contributed by atoms with Crippen LogP contribution in [-0.2, 0) is 0 Å². The van der Waals surface area contributed by atoms with Gasteiger partial charge in [-0.25, -0.2) is 9.78 Å². The van der Waals surface area contributed by atoms with Crippen molar-refractivity contribution in [2.24, 2.45) is 0 Å². The van der Waals surface area contributed by atoms with Crippen molar-refractivity contribution in [3.8, 4) is 0 Å². The second-order valence-electron chi connectivity index (χ2n) is 3.46. The van der Waals surface area contributed by atoms with Crippen molar-refractivity contribution in [1.82, 2.24) is 4.98 Å². The van der Waals surface area contributed by atoms with Crippen LogP contribution in [0.4, 0.5) is 0 Å². The van der Waals surface area contributed by atoms with E-state index in [1.807, 2.05) is 0 Å². The van der Waals surface area contributed by atoms with E-state index in [1.165, 1.54) is 29.5 Å². The lowest BCUT2D eigenvalue weighted by Crippen LogP contribution is -1.95. The molecule has 0 saturated heterocycles. The van der Waals surface area contributed by atoms with Crippen LogP contribution in [-0.4, -0.2) is 21.8 Å². The van der Waals surface area contributed by atoms with Gasteiger partial charge in [-0.05, 0) is 23.8 Å². The lowest BCUT2D eigenvalue weighted by atomic mass is 10.1. The van der Waals surface area contributed by atoms with E-state index >= 15 is 0 Å². The van der Waals surface area contributed by atoms with Gasteiger partial charge in [0.2, 0.25) is 5.78 Å². The third kappa shape index (κ3) is 2.89. The van der Waals surface area contributed by atoms with Gasteiger partial charge in [0, 0.05) is 11.6 Å². The number of carbonyl (C=O) groups is 2. The molecule has 18 heavy (non-hydrogen) atoms. The van der Waals surface area contributed by atoms with Crippen molar-refractivity contribution in [3.05, 3.63) is 58.1 Å². The first-order valence-electron chi connectivity index (χ1n) is 5.12. The summed E-state index contributed by atoms with van der Waals surface area (Å²) in [4.78, 5) is 26.2. The predicted octanol–water partition coefficient (Wildman–Crippen LogP) is 2.74. The van der Waals surface area contributed by atoms with E-state index in [9.17, 15) is 9.59 Å². The molecule has 0 atom stereocenters. The van der Waals surface area contributed by atoms with E-state index in [4.69, 9.17) is 5.11 Å². The third-order valence-corrected chi connectivity index (χ3v) is 3.02. The van der Waals surface area contributed by atoms with Crippen LogP contribution < -0.4 is 0 Å². The molecule has 1 N–H and O–H groups in total. The van der Waals surface area contributed by atoms with Gasteiger partial charge in [0.25, 0.3) is 0 Å². The number of rotatable bonds is 4. The number of carbonyl (C=O) groups excluding carboxylic acids is 1. The maximum Gasteiger partial charge on any atom is 0.335 e. The normalized spacial score (nSPS) is 10.7. The first-order chi connectivity index (χ1) is 8.66. The van der Waals surface area contributed by atoms with Crippen LogP contribution in [0.1, 0.15) is 25.7 Å². The lowest BCUT2D eigenvalue weighted by molar-refractivity contribution is 0.0696. The smallest absolute Gasteiger partial charge is 0.335 e. The molecule has 5 heteroatoms. The summed E-state index contributed by atoms with van der Waals surface area (Å²) >= 11 is 1.28. The summed E-state index contributed by atoms with van der Waals surface area (Å²) in [7, 11) is 0. The Bertz CT molecular complexity index is 585. The number of aromatic carboxylic acids is 1. The fourth-order valence-electron chi connectivity index (χ4n) is 1.33. The van der Waals surface area contributed by atoms with Gasteiger partial charge in [0.15, 0.2) is 5.01 Å². The molecule has 0 fully saturated rings. The van der Waals surface area contributed by atoms with Crippen molar-refractivity contribution in [2.45, 2.75) is 0 Å². The SMILES string of the molecule is O=C(O)c1ccc(C=CC(=O)c2nccs2)cc1. The zero-order chi connectivity index (χ0) is 13.0. The number of carboxylic acids is 1. The molecule has 90 valence electrons. The Balaban J connectivity index is 2.09. The van der Waals surface area contributed by atoms with Crippen molar-refractivity contribution in [1.29, 1.82) is 0 Å². The zero-order valence-corrected chi connectivity index (χ0v) is 10.1. The van der Waals surface area contributed by atoms with Crippen LogP contribution in [0.5, 0.6) is 0 Å². The number of allylic oxidation sites excluding steroid dienone is 1. The second-order valence-corrected chi connectivity index (χ2v) is 4.36. The van der Waals surface area contributed by atoms with Gasteiger partial charge in [-0.1, -0.05) is 18.2 Å². The largest absolute Gasteiger partial charge is 0.478 e. The fraction of sp³-hybridized carbons (Fsp3) is 0. The quantitative estimate of drug-likeness (QED) is 0.677. The molecule has 0 aliphatic carbocycles. The van der Waals surface area contributed by atoms with Gasteiger partial charge in [-0.3, -0.25) is 4.79 Å². The predicted molar refractivity (Wildman–Crippen MR) is 68.9 cm³/mol. The summed E-state index contributed by atoms with van der Waals surface area (Å²) in [5, 5.41) is 10.9. The molecule has 0 radical (unpaired) electrons. The van der Waals surface area contributed by atoms with Gasteiger partial charge in [-0.15, -0.1) is 11.3 Å². The first kappa shape index (κ1) is 12.2. The number of carboxylic acid groups (broad SMARTS) is 1. The summed E-state index contributed by atoms with van der Waals surface area (Å²) in [5.74, 6) is -1.13. The highest BCUT2D eigenvalue weighted by molar-refractivity contribution is 7.11. The fourth-order valence-corrected chi connectivity index (χ4v) is 1.88. The molecular weight excluding hydrogens is 250 g/mol. The standard InChI is InChI=1S/C13H9NO3S/c15-11(12-14-7-8-18-12)6-3-9-1-4-10(5-2-9)13(16)17/h1-8H,(H,16,17). The maximum atomic E-state index is 11.6. The molecule has 0 amide bonds. The van der Waals surface area contributed by atoms with Gasteiger partial charge < -0.3 is 5.11 Å². The molecule has 4 nitrogen and oxygen atoms in total. The second kappa shape index (κ2) is 5.37. The van der Waals surface area contributed by atoms with Gasteiger partial charge in [0.05, 0.1) is 5.56 Å². The molecule has 0 saturated carbocycles. The van der Waals surface area contributed by atoms with E-state index in [1.54, 1.807) is 29.8 Å². The number of thiazole rings is 1. The van der Waals surface area contributed by atoms with Crippen LogP contribution in [0.15, 0.2) is 41.9 Å². The maximum absolute atomic E-state index is 11.6. The topological polar surface area (TPSA) is 67.3 Å². The number of benzene rings is 1. The average Bonchev–Trinajstić information content (AvgIpc) is 2.90. The van der Waals surface area contributed by atoms with Crippen LogP contribution in [0.3, 0.4) is 0 Å². The molecular formula is C13H9NO3S. The Kier molecular flexibility index (Phi) is 3.64. The molecule has 0 aliphatic rings. The summed E-state index contributed by atoms with van der Waals surface area (Å²) in [6.07, 6.45) is 4.64. The van der Waals surface area contributed by atoms with Crippen molar-refractivity contribution >= 4 is 29.2 Å². The Morgan fingerprint density at radius 3 is 2.50 bits per heavy atom. The van der Waals surface area contributed by atoms with Crippen LogP contribution in [0.2, 0.25) is 0 Å². The molecule has 2 rings (SSSR count). The molecule has 0 spiro atoms. The van der Waals surface area contributed by atoms with Crippen LogP contribution in [0.25, 0.3) is 6.08 Å². The molecule has 0 aliphatic heterocycles. The van der Waals surface area contributed by atoms with Crippen LogP contribution >= 0.6 is 11.3 Å². The van der Waals surface area contributed by atoms with Crippen LogP contribution in [0, 0.1) is 0 Å². The minimum absolute atomic E-state index is 0.160. The summed E-state index contributed by atoms with van der Waals surface area (Å²) in [6.45, 7) is 0. The van der Waals surface area contributed by atoms with E-state index in [2.05, 4.69) is 4.98 Å². The molecule has 0 bridgehead atoms. The summed E-state index contributed by atoms with van der Waals surface area (Å²) in [5.41, 5.74) is 0.989. The van der Waals surface area contributed by atoms with Gasteiger partial charge >= 0.3 is 5.97 Å². The number of aromatic nitrogens is 1.